The van der Waals surface area contributed by atoms with Crippen molar-refractivity contribution < 1.29 is 9.68 Å². The molecule has 2 nitrogen and oxygen atoms in total. The fourth-order valence-electron chi connectivity index (χ4n) is 3.69. The molecule has 1 N–H and O–H groups in total. The van der Waals surface area contributed by atoms with Crippen LogP contribution < -0.4 is 0 Å². The van der Waals surface area contributed by atoms with Gasteiger partial charge in [0, 0.05) is 6.10 Å². The normalized spacial score (nSPS) is 23.3. The smallest absolute Gasteiger partial charge is 0.429 e. The monoisotopic (exact) mass is 267 g/mol. The number of rotatable bonds is 5. The van der Waals surface area contributed by atoms with Crippen LogP contribution in [0, 0.1) is 11.8 Å². The topological polar surface area (TPSA) is 29.5 Å². The van der Waals surface area contributed by atoms with Gasteiger partial charge in [-0.1, -0.05) is 65.2 Å². The third-order valence-corrected chi connectivity index (χ3v) is 4.70. The molecule has 0 amide bonds. The predicted octanol–water partition coefficient (Wildman–Crippen LogP) is 4.48. The van der Waals surface area contributed by atoms with Crippen molar-refractivity contribution >= 4 is 7.69 Å². The van der Waals surface area contributed by atoms with E-state index in [1.165, 1.54) is 70.6 Å². The van der Waals surface area contributed by atoms with Crippen LogP contribution in [0.5, 0.6) is 0 Å². The summed E-state index contributed by atoms with van der Waals surface area (Å²) in [6.45, 7) is 4.00. The second-order valence-electron chi connectivity index (χ2n) is 5.92. The molecule has 19 heavy (non-hydrogen) atoms. The molecule has 0 aromatic carbocycles. The first-order valence-corrected chi connectivity index (χ1v) is 8.51. The molecule has 0 aliphatic heterocycles. The predicted molar refractivity (Wildman–Crippen MR) is 82.0 cm³/mol. The van der Waals surface area contributed by atoms with Crippen molar-refractivity contribution in [2.24, 2.45) is 11.8 Å². The van der Waals surface area contributed by atoms with E-state index in [9.17, 15) is 0 Å². The van der Waals surface area contributed by atoms with Gasteiger partial charge in [-0.05, 0) is 31.1 Å². The molecule has 0 bridgehead atoms. The van der Waals surface area contributed by atoms with Crippen LogP contribution in [-0.2, 0) is 4.65 Å². The summed E-state index contributed by atoms with van der Waals surface area (Å²) < 4.78 is 5.51. The third-order valence-electron chi connectivity index (χ3n) is 4.70. The lowest BCUT2D eigenvalue weighted by atomic mass is 9.78. The first-order chi connectivity index (χ1) is 9.40. The lowest BCUT2D eigenvalue weighted by molar-refractivity contribution is 0.0679. The van der Waals surface area contributed by atoms with E-state index in [1.54, 1.807) is 0 Å². The Labute approximate surface area is 120 Å². The van der Waals surface area contributed by atoms with E-state index in [4.69, 9.17) is 9.68 Å². The van der Waals surface area contributed by atoms with Crippen molar-refractivity contribution in [3.8, 4) is 0 Å². The summed E-state index contributed by atoms with van der Waals surface area (Å²) in [5.74, 6) is 1.53. The number of hydrogen-bond acceptors (Lipinski definition) is 2. The van der Waals surface area contributed by atoms with Crippen molar-refractivity contribution in [1.29, 1.82) is 0 Å². The Bertz CT molecular complexity index is 199. The van der Waals surface area contributed by atoms with Gasteiger partial charge >= 0.3 is 7.69 Å². The minimum absolute atomic E-state index is 0.281. The summed E-state index contributed by atoms with van der Waals surface area (Å²) in [7, 11) is 0.933. The maximum atomic E-state index is 8.95. The summed E-state index contributed by atoms with van der Waals surface area (Å²) >= 11 is 0. The van der Waals surface area contributed by atoms with Crippen LogP contribution in [0.2, 0.25) is 0 Å². The molecule has 0 heterocycles. The van der Waals surface area contributed by atoms with Crippen LogP contribution in [0.25, 0.3) is 0 Å². The third kappa shape index (κ3) is 6.31. The highest BCUT2D eigenvalue weighted by Gasteiger charge is 2.27. The summed E-state index contributed by atoms with van der Waals surface area (Å²) in [6.07, 6.45) is 15.1. The van der Waals surface area contributed by atoms with E-state index in [-0.39, 0.29) is 6.10 Å². The molecule has 0 unspecified atom stereocenters. The molecule has 0 aromatic heterocycles. The van der Waals surface area contributed by atoms with Crippen LogP contribution in [0.4, 0.5) is 0 Å². The molecule has 111 valence electrons. The van der Waals surface area contributed by atoms with Crippen LogP contribution in [0.1, 0.15) is 84.5 Å². The van der Waals surface area contributed by atoms with Crippen LogP contribution in [-0.4, -0.2) is 18.8 Å². The Morgan fingerprint density at radius 3 is 2.00 bits per heavy atom. The Morgan fingerprint density at radius 1 is 0.947 bits per heavy atom. The van der Waals surface area contributed by atoms with Gasteiger partial charge in [-0.15, -0.1) is 0 Å². The quantitative estimate of drug-likeness (QED) is 0.744. The Kier molecular flexibility index (Phi) is 9.63. The maximum Gasteiger partial charge on any atom is 0.485 e. The van der Waals surface area contributed by atoms with Crippen molar-refractivity contribution in [2.75, 3.05) is 0 Å². The fourth-order valence-corrected chi connectivity index (χ4v) is 3.69. The molecular formula is C16H32BO2. The zero-order valence-corrected chi connectivity index (χ0v) is 12.9. The molecule has 2 fully saturated rings. The standard InChI is InChI=1S/C14H26BO2.C2H6/c16-15-17-14(13-9-5-2-6-10-13)11-12-7-3-1-4-8-12;1-2/h12-14,16H,1-11H2;1-2H3/t14-;/m0./s1. The van der Waals surface area contributed by atoms with E-state index in [2.05, 4.69) is 0 Å². The highest BCUT2D eigenvalue weighted by atomic mass is 16.5. The van der Waals surface area contributed by atoms with E-state index in [0.29, 0.717) is 5.92 Å². The largest absolute Gasteiger partial charge is 0.485 e. The molecule has 1 atom stereocenters. The zero-order valence-electron chi connectivity index (χ0n) is 12.9. The molecule has 1 radical (unpaired) electrons. The van der Waals surface area contributed by atoms with E-state index in [1.807, 2.05) is 13.8 Å². The summed E-state index contributed by atoms with van der Waals surface area (Å²) in [4.78, 5) is 0. The molecular weight excluding hydrogens is 235 g/mol. The fraction of sp³-hybridized carbons (Fsp3) is 1.00. The summed E-state index contributed by atoms with van der Waals surface area (Å²) in [5.41, 5.74) is 0. The highest BCUT2D eigenvalue weighted by molar-refractivity contribution is 6.15. The van der Waals surface area contributed by atoms with Crippen LogP contribution in [0.15, 0.2) is 0 Å². The second-order valence-corrected chi connectivity index (χ2v) is 5.92. The van der Waals surface area contributed by atoms with Crippen molar-refractivity contribution in [3.63, 3.8) is 0 Å². The van der Waals surface area contributed by atoms with E-state index < -0.39 is 0 Å². The Balaban J connectivity index is 0.000000861. The molecule has 0 aromatic rings. The van der Waals surface area contributed by atoms with Gasteiger partial charge in [-0.25, -0.2) is 0 Å². The van der Waals surface area contributed by atoms with Gasteiger partial charge in [0.15, 0.2) is 0 Å². The second kappa shape index (κ2) is 10.7. The lowest BCUT2D eigenvalue weighted by Gasteiger charge is -2.33. The molecule has 2 aliphatic rings. The van der Waals surface area contributed by atoms with E-state index >= 15 is 0 Å². The Hall–Kier alpha value is -0.0151. The van der Waals surface area contributed by atoms with E-state index in [0.717, 1.165) is 13.6 Å². The maximum absolute atomic E-state index is 8.95. The molecule has 2 saturated carbocycles. The van der Waals surface area contributed by atoms with Crippen LogP contribution >= 0.6 is 0 Å². The molecule has 2 rings (SSSR count). The SMILES string of the molecule is CC.O[B]O[C@@H](CC1CCCCC1)C1CCCCC1. The first kappa shape index (κ1) is 17.0. The minimum Gasteiger partial charge on any atom is -0.429 e. The Morgan fingerprint density at radius 2 is 1.47 bits per heavy atom. The highest BCUT2D eigenvalue weighted by Crippen LogP contribution is 2.34. The molecule has 2 aliphatic carbocycles. The van der Waals surface area contributed by atoms with Crippen molar-refractivity contribution in [2.45, 2.75) is 90.6 Å². The summed E-state index contributed by atoms with van der Waals surface area (Å²) in [5, 5.41) is 8.95. The van der Waals surface area contributed by atoms with Gasteiger partial charge < -0.3 is 9.68 Å². The van der Waals surface area contributed by atoms with Gasteiger partial charge in [0.1, 0.15) is 0 Å². The van der Waals surface area contributed by atoms with Crippen molar-refractivity contribution in [3.05, 3.63) is 0 Å². The lowest BCUT2D eigenvalue weighted by Crippen LogP contribution is -2.30. The zero-order chi connectivity index (χ0) is 13.9. The average Bonchev–Trinajstić information content (AvgIpc) is 2.51. The minimum atomic E-state index is 0.281. The van der Waals surface area contributed by atoms with Gasteiger partial charge in [0.25, 0.3) is 0 Å². The molecule has 0 saturated heterocycles. The van der Waals surface area contributed by atoms with Crippen LogP contribution in [0.3, 0.4) is 0 Å². The average molecular weight is 267 g/mol. The van der Waals surface area contributed by atoms with Gasteiger partial charge in [0.05, 0.1) is 0 Å². The van der Waals surface area contributed by atoms with Crippen molar-refractivity contribution in [1.82, 2.24) is 0 Å². The van der Waals surface area contributed by atoms with Gasteiger partial charge in [0.2, 0.25) is 0 Å². The number of hydrogen-bond donors (Lipinski definition) is 1. The summed E-state index contributed by atoms with van der Waals surface area (Å²) in [6, 6.07) is 0. The van der Waals surface area contributed by atoms with Gasteiger partial charge in [-0.2, -0.15) is 0 Å². The first-order valence-electron chi connectivity index (χ1n) is 8.51. The molecule has 3 heteroatoms. The molecule has 0 spiro atoms. The van der Waals surface area contributed by atoms with Gasteiger partial charge in [-0.3, -0.25) is 0 Å².